The summed E-state index contributed by atoms with van der Waals surface area (Å²) in [6.45, 7) is 1.48. The van der Waals surface area contributed by atoms with E-state index in [1.165, 1.54) is 31.2 Å². The van der Waals surface area contributed by atoms with Crippen molar-refractivity contribution in [3.63, 3.8) is 0 Å². The molecule has 0 bridgehead atoms. The number of carbonyl (C=O) groups is 1. The molecule has 0 fully saturated rings. The number of hydrogen-bond acceptors (Lipinski definition) is 5. The number of esters is 1. The topological polar surface area (TPSA) is 63.0 Å². The summed E-state index contributed by atoms with van der Waals surface area (Å²) in [5.41, 5.74) is -0.484. The van der Waals surface area contributed by atoms with Crippen molar-refractivity contribution < 1.29 is 22.7 Å². The molecule has 4 nitrogen and oxygen atoms in total. The Morgan fingerprint density at radius 1 is 1.36 bits per heavy atom. The summed E-state index contributed by atoms with van der Waals surface area (Å²) in [7, 11) is 0. The number of alkyl halides is 3. The minimum Gasteiger partial charge on any atom is -0.462 e. The molecule has 0 aliphatic heterocycles. The number of nitrogens with zero attached hydrogens (tertiary/aromatic N) is 2. The van der Waals surface area contributed by atoms with Gasteiger partial charge in [0.1, 0.15) is 9.88 Å². The summed E-state index contributed by atoms with van der Waals surface area (Å²) in [6, 6.07) is 7.80. The molecule has 0 radical (unpaired) electrons. The summed E-state index contributed by atoms with van der Waals surface area (Å²) in [6.07, 6.45) is -4.75. The predicted octanol–water partition coefficient (Wildman–Crippen LogP) is 3.88. The Labute approximate surface area is 127 Å². The first-order chi connectivity index (χ1) is 10.4. The van der Waals surface area contributed by atoms with Gasteiger partial charge in [-0.3, -0.25) is 0 Å². The second-order valence-electron chi connectivity index (χ2n) is 4.10. The van der Waals surface area contributed by atoms with Crippen LogP contribution < -0.4 is 0 Å². The van der Waals surface area contributed by atoms with Gasteiger partial charge in [-0.2, -0.15) is 18.4 Å². The second-order valence-corrected chi connectivity index (χ2v) is 5.10. The molecule has 1 heterocycles. The quantitative estimate of drug-likeness (QED) is 0.803. The third kappa shape index (κ3) is 3.26. The molecule has 0 saturated carbocycles. The zero-order valence-corrected chi connectivity index (χ0v) is 12.1. The molecule has 114 valence electrons. The summed E-state index contributed by atoms with van der Waals surface area (Å²) in [4.78, 5) is 14.6. The van der Waals surface area contributed by atoms with Crippen LogP contribution in [0.4, 0.5) is 13.2 Å². The Morgan fingerprint density at radius 3 is 2.50 bits per heavy atom. The van der Waals surface area contributed by atoms with Gasteiger partial charge >= 0.3 is 12.1 Å². The molecule has 0 saturated heterocycles. The minimum atomic E-state index is -4.75. The number of nitriles is 1. The van der Waals surface area contributed by atoms with Gasteiger partial charge in [0.15, 0.2) is 5.69 Å². The normalized spacial score (nSPS) is 11.0. The van der Waals surface area contributed by atoms with E-state index in [9.17, 15) is 18.0 Å². The molecule has 1 aromatic carbocycles. The van der Waals surface area contributed by atoms with Crippen LogP contribution >= 0.6 is 11.3 Å². The van der Waals surface area contributed by atoms with Crippen LogP contribution in [0.15, 0.2) is 24.3 Å². The predicted molar refractivity (Wildman–Crippen MR) is 73.2 cm³/mol. The summed E-state index contributed by atoms with van der Waals surface area (Å²) in [5, 5.41) is 8.75. The number of halogens is 3. The van der Waals surface area contributed by atoms with Crippen molar-refractivity contribution in [1.29, 1.82) is 5.26 Å². The molecule has 1 aromatic heterocycles. The van der Waals surface area contributed by atoms with Gasteiger partial charge in [0, 0.05) is 5.56 Å². The Balaban J connectivity index is 2.49. The highest BCUT2D eigenvalue weighted by Crippen LogP contribution is 2.38. The van der Waals surface area contributed by atoms with Gasteiger partial charge in [0.2, 0.25) is 0 Å². The molecule has 8 heteroatoms. The van der Waals surface area contributed by atoms with Crippen molar-refractivity contribution in [2.45, 2.75) is 13.1 Å². The first-order valence-electron chi connectivity index (χ1n) is 6.12. The molecular formula is C14H9F3N2O2S. The van der Waals surface area contributed by atoms with E-state index in [1.54, 1.807) is 0 Å². The molecule has 0 aliphatic carbocycles. The van der Waals surface area contributed by atoms with E-state index in [0.717, 1.165) is 0 Å². The fraction of sp³-hybridized carbons (Fsp3) is 0.214. The van der Waals surface area contributed by atoms with E-state index < -0.39 is 22.7 Å². The van der Waals surface area contributed by atoms with Crippen molar-refractivity contribution in [2.24, 2.45) is 0 Å². The maximum atomic E-state index is 13.0. The van der Waals surface area contributed by atoms with Crippen LogP contribution in [0, 0.1) is 11.3 Å². The van der Waals surface area contributed by atoms with Crippen molar-refractivity contribution in [3.8, 4) is 16.6 Å². The van der Waals surface area contributed by atoms with E-state index in [2.05, 4.69) is 9.72 Å². The molecule has 2 rings (SSSR count). The SMILES string of the molecule is CCOC(=O)c1sc(-c2ccc(C#N)cc2)nc1C(F)(F)F. The maximum Gasteiger partial charge on any atom is 0.435 e. The lowest BCUT2D eigenvalue weighted by molar-refractivity contribution is -0.141. The number of aromatic nitrogens is 1. The van der Waals surface area contributed by atoms with Crippen LogP contribution in [0.3, 0.4) is 0 Å². The fourth-order valence-electron chi connectivity index (χ4n) is 1.66. The average molecular weight is 326 g/mol. The third-order valence-corrected chi connectivity index (χ3v) is 3.70. The van der Waals surface area contributed by atoms with Gasteiger partial charge in [0.25, 0.3) is 0 Å². The highest BCUT2D eigenvalue weighted by atomic mass is 32.1. The first-order valence-corrected chi connectivity index (χ1v) is 6.94. The summed E-state index contributed by atoms with van der Waals surface area (Å²) < 4.78 is 43.6. The van der Waals surface area contributed by atoms with E-state index >= 15 is 0 Å². The van der Waals surface area contributed by atoms with Gasteiger partial charge < -0.3 is 4.74 Å². The van der Waals surface area contributed by atoms with Gasteiger partial charge in [-0.05, 0) is 19.1 Å². The highest BCUT2D eigenvalue weighted by molar-refractivity contribution is 7.17. The number of thiazole rings is 1. The van der Waals surface area contributed by atoms with Crippen molar-refractivity contribution >= 4 is 17.3 Å². The van der Waals surface area contributed by atoms with Gasteiger partial charge in [-0.25, -0.2) is 9.78 Å². The zero-order valence-electron chi connectivity index (χ0n) is 11.3. The minimum absolute atomic E-state index is 0.0275. The average Bonchev–Trinajstić information content (AvgIpc) is 2.93. The van der Waals surface area contributed by atoms with Crippen LogP contribution in [0.25, 0.3) is 10.6 Å². The van der Waals surface area contributed by atoms with Crippen molar-refractivity contribution in [2.75, 3.05) is 6.61 Å². The lowest BCUT2D eigenvalue weighted by atomic mass is 10.1. The smallest absolute Gasteiger partial charge is 0.435 e. The molecule has 0 unspecified atom stereocenters. The number of hydrogen-bond donors (Lipinski definition) is 0. The van der Waals surface area contributed by atoms with Gasteiger partial charge in [-0.1, -0.05) is 12.1 Å². The Hall–Kier alpha value is -2.40. The Kier molecular flexibility index (Phi) is 4.47. The maximum absolute atomic E-state index is 13.0. The van der Waals surface area contributed by atoms with Crippen LogP contribution in [0.5, 0.6) is 0 Å². The summed E-state index contributed by atoms with van der Waals surface area (Å²) in [5.74, 6) is -1.05. The van der Waals surface area contributed by atoms with E-state index in [-0.39, 0.29) is 11.6 Å². The lowest BCUT2D eigenvalue weighted by Crippen LogP contribution is -2.13. The molecule has 0 atom stereocenters. The van der Waals surface area contributed by atoms with E-state index in [1.807, 2.05) is 6.07 Å². The number of carbonyl (C=O) groups excluding carboxylic acids is 1. The molecule has 0 spiro atoms. The fourth-order valence-corrected chi connectivity index (χ4v) is 2.64. The third-order valence-electron chi connectivity index (χ3n) is 2.62. The monoisotopic (exact) mass is 326 g/mol. The Morgan fingerprint density at radius 2 is 2.00 bits per heavy atom. The van der Waals surface area contributed by atoms with Crippen LogP contribution in [-0.2, 0) is 10.9 Å². The van der Waals surface area contributed by atoms with Gasteiger partial charge in [-0.15, -0.1) is 11.3 Å². The largest absolute Gasteiger partial charge is 0.462 e. The molecule has 0 N–H and O–H groups in total. The Bertz CT molecular complexity index is 730. The zero-order chi connectivity index (χ0) is 16.3. The molecule has 0 amide bonds. The molecular weight excluding hydrogens is 317 g/mol. The van der Waals surface area contributed by atoms with Crippen LogP contribution in [-0.4, -0.2) is 17.6 Å². The van der Waals surface area contributed by atoms with Crippen LogP contribution in [0.2, 0.25) is 0 Å². The first kappa shape index (κ1) is 16.0. The van der Waals surface area contributed by atoms with Crippen LogP contribution in [0.1, 0.15) is 27.9 Å². The van der Waals surface area contributed by atoms with E-state index in [0.29, 0.717) is 22.5 Å². The standard InChI is InChI=1S/C14H9F3N2O2S/c1-2-21-13(20)10-11(14(15,16)17)19-12(22-10)9-5-3-8(7-18)4-6-9/h3-6H,2H2,1H3. The lowest BCUT2D eigenvalue weighted by Gasteiger charge is -2.05. The van der Waals surface area contributed by atoms with Crippen molar-refractivity contribution in [3.05, 3.63) is 40.4 Å². The summed E-state index contributed by atoms with van der Waals surface area (Å²) >= 11 is 0.612. The van der Waals surface area contributed by atoms with Crippen molar-refractivity contribution in [1.82, 2.24) is 4.98 Å². The van der Waals surface area contributed by atoms with Gasteiger partial charge in [0.05, 0.1) is 18.2 Å². The highest BCUT2D eigenvalue weighted by Gasteiger charge is 2.40. The number of rotatable bonds is 3. The second kappa shape index (κ2) is 6.15. The number of ether oxygens (including phenoxy) is 1. The molecule has 2 aromatic rings. The molecule has 22 heavy (non-hydrogen) atoms. The van der Waals surface area contributed by atoms with E-state index in [4.69, 9.17) is 5.26 Å². The molecule has 0 aliphatic rings. The number of benzene rings is 1.